The van der Waals surface area contributed by atoms with Gasteiger partial charge in [0.2, 0.25) is 0 Å². The normalized spacial score (nSPS) is 15.1. The first-order valence-electron chi connectivity index (χ1n) is 6.26. The SMILES string of the molecule is CC(C)CCN(C)CCCCC(C)(N)C#N. The summed E-state index contributed by atoms with van der Waals surface area (Å²) in [7, 11) is 2.16. The molecule has 0 aliphatic rings. The molecule has 1 unspecified atom stereocenters. The molecule has 0 amide bonds. The van der Waals surface area contributed by atoms with Crippen molar-refractivity contribution in [1.82, 2.24) is 4.90 Å². The van der Waals surface area contributed by atoms with Crippen LogP contribution in [0.3, 0.4) is 0 Å². The minimum absolute atomic E-state index is 0.642. The van der Waals surface area contributed by atoms with Crippen LogP contribution in [0.15, 0.2) is 0 Å². The molecule has 0 aromatic carbocycles. The summed E-state index contributed by atoms with van der Waals surface area (Å²) in [4.78, 5) is 2.36. The van der Waals surface area contributed by atoms with Gasteiger partial charge in [0, 0.05) is 0 Å². The number of nitrogens with zero attached hydrogens (tertiary/aromatic N) is 2. The van der Waals surface area contributed by atoms with E-state index in [1.807, 2.05) is 0 Å². The van der Waals surface area contributed by atoms with Gasteiger partial charge in [-0.2, -0.15) is 5.26 Å². The Bertz CT molecular complexity index is 216. The van der Waals surface area contributed by atoms with Crippen LogP contribution in [-0.4, -0.2) is 30.6 Å². The third-order valence-corrected chi connectivity index (χ3v) is 2.83. The van der Waals surface area contributed by atoms with Crippen LogP contribution >= 0.6 is 0 Å². The summed E-state index contributed by atoms with van der Waals surface area (Å²) in [5, 5.41) is 8.76. The molecule has 3 nitrogen and oxygen atoms in total. The summed E-state index contributed by atoms with van der Waals surface area (Å²) in [6.45, 7) is 8.57. The fourth-order valence-corrected chi connectivity index (χ4v) is 1.52. The molecule has 0 aromatic heterocycles. The molecular weight excluding hydrogens is 198 g/mol. The molecule has 2 N–H and O–H groups in total. The van der Waals surface area contributed by atoms with Crippen molar-refractivity contribution in [2.75, 3.05) is 20.1 Å². The molecule has 16 heavy (non-hydrogen) atoms. The molecule has 0 aromatic rings. The Hall–Kier alpha value is -0.590. The Morgan fingerprint density at radius 2 is 1.94 bits per heavy atom. The van der Waals surface area contributed by atoms with Gasteiger partial charge in [-0.25, -0.2) is 0 Å². The second kappa shape index (κ2) is 7.65. The largest absolute Gasteiger partial charge is 0.314 e. The van der Waals surface area contributed by atoms with E-state index in [0.717, 1.165) is 38.3 Å². The van der Waals surface area contributed by atoms with Crippen molar-refractivity contribution >= 4 is 0 Å². The first-order valence-corrected chi connectivity index (χ1v) is 6.26. The van der Waals surface area contributed by atoms with Crippen molar-refractivity contribution in [3.05, 3.63) is 0 Å². The van der Waals surface area contributed by atoms with E-state index in [0.29, 0.717) is 0 Å². The van der Waals surface area contributed by atoms with Crippen molar-refractivity contribution < 1.29 is 0 Å². The molecule has 0 aliphatic heterocycles. The van der Waals surface area contributed by atoms with Gasteiger partial charge in [0.25, 0.3) is 0 Å². The molecule has 0 spiro atoms. The van der Waals surface area contributed by atoms with Crippen molar-refractivity contribution in [2.24, 2.45) is 11.7 Å². The van der Waals surface area contributed by atoms with Crippen LogP contribution in [0.25, 0.3) is 0 Å². The second-order valence-corrected chi connectivity index (χ2v) is 5.47. The quantitative estimate of drug-likeness (QED) is 0.645. The maximum absolute atomic E-state index is 8.76. The number of unbranched alkanes of at least 4 members (excludes halogenated alkanes) is 1. The summed E-state index contributed by atoms with van der Waals surface area (Å²) in [6.07, 6.45) is 4.21. The van der Waals surface area contributed by atoms with E-state index in [2.05, 4.69) is 31.9 Å². The van der Waals surface area contributed by atoms with Gasteiger partial charge in [-0.3, -0.25) is 0 Å². The summed E-state index contributed by atoms with van der Waals surface area (Å²) >= 11 is 0. The van der Waals surface area contributed by atoms with E-state index in [-0.39, 0.29) is 0 Å². The molecule has 0 radical (unpaired) electrons. The molecule has 0 saturated carbocycles. The van der Waals surface area contributed by atoms with Crippen molar-refractivity contribution in [3.63, 3.8) is 0 Å². The minimum Gasteiger partial charge on any atom is -0.314 e. The molecule has 0 saturated heterocycles. The van der Waals surface area contributed by atoms with Gasteiger partial charge < -0.3 is 10.6 Å². The number of nitrogens with two attached hydrogens (primary N) is 1. The lowest BCUT2D eigenvalue weighted by atomic mass is 9.98. The molecule has 0 heterocycles. The van der Waals surface area contributed by atoms with Gasteiger partial charge in [-0.15, -0.1) is 0 Å². The topological polar surface area (TPSA) is 53.0 Å². The highest BCUT2D eigenvalue weighted by Gasteiger charge is 2.15. The zero-order valence-corrected chi connectivity index (χ0v) is 11.3. The lowest BCUT2D eigenvalue weighted by Gasteiger charge is -2.19. The van der Waals surface area contributed by atoms with Crippen LogP contribution < -0.4 is 5.73 Å². The average molecular weight is 225 g/mol. The molecular formula is C13H27N3. The predicted molar refractivity (Wildman–Crippen MR) is 69.0 cm³/mol. The third-order valence-electron chi connectivity index (χ3n) is 2.83. The lowest BCUT2D eigenvalue weighted by Crippen LogP contribution is -2.34. The molecule has 0 fully saturated rings. The van der Waals surface area contributed by atoms with Crippen LogP contribution in [0.4, 0.5) is 0 Å². The molecule has 0 aliphatic carbocycles. The maximum atomic E-state index is 8.76. The van der Waals surface area contributed by atoms with Crippen LogP contribution in [0.1, 0.15) is 46.5 Å². The van der Waals surface area contributed by atoms with E-state index in [9.17, 15) is 0 Å². The van der Waals surface area contributed by atoms with Gasteiger partial charge in [0.15, 0.2) is 0 Å². The van der Waals surface area contributed by atoms with Crippen LogP contribution in [0, 0.1) is 17.2 Å². The highest BCUT2D eigenvalue weighted by atomic mass is 15.1. The summed E-state index contributed by atoms with van der Waals surface area (Å²) in [5.74, 6) is 0.772. The van der Waals surface area contributed by atoms with Crippen molar-refractivity contribution in [1.29, 1.82) is 5.26 Å². The number of nitriles is 1. The monoisotopic (exact) mass is 225 g/mol. The van der Waals surface area contributed by atoms with Crippen LogP contribution in [0.2, 0.25) is 0 Å². The van der Waals surface area contributed by atoms with Crippen LogP contribution in [-0.2, 0) is 0 Å². The van der Waals surface area contributed by atoms with Crippen LogP contribution in [0.5, 0.6) is 0 Å². The highest BCUT2D eigenvalue weighted by molar-refractivity contribution is 5.00. The van der Waals surface area contributed by atoms with E-state index < -0.39 is 5.54 Å². The zero-order chi connectivity index (χ0) is 12.6. The fourth-order valence-electron chi connectivity index (χ4n) is 1.52. The second-order valence-electron chi connectivity index (χ2n) is 5.47. The average Bonchev–Trinajstić information content (AvgIpc) is 2.21. The van der Waals surface area contributed by atoms with Crippen molar-refractivity contribution in [2.45, 2.75) is 52.0 Å². The Morgan fingerprint density at radius 1 is 1.31 bits per heavy atom. The van der Waals surface area contributed by atoms with E-state index in [4.69, 9.17) is 11.0 Å². The molecule has 0 bridgehead atoms. The molecule has 94 valence electrons. The Morgan fingerprint density at radius 3 is 2.44 bits per heavy atom. The molecule has 3 heteroatoms. The Labute approximate surface area is 101 Å². The maximum Gasteiger partial charge on any atom is 0.101 e. The van der Waals surface area contributed by atoms with Gasteiger partial charge in [-0.05, 0) is 58.7 Å². The van der Waals surface area contributed by atoms with Gasteiger partial charge >= 0.3 is 0 Å². The zero-order valence-electron chi connectivity index (χ0n) is 11.3. The predicted octanol–water partition coefficient (Wildman–Crippen LogP) is 2.38. The van der Waals surface area contributed by atoms with Gasteiger partial charge in [-0.1, -0.05) is 13.8 Å². The number of hydrogen-bond donors (Lipinski definition) is 1. The van der Waals surface area contributed by atoms with Gasteiger partial charge in [0.1, 0.15) is 5.54 Å². The first kappa shape index (κ1) is 15.4. The van der Waals surface area contributed by atoms with E-state index in [1.54, 1.807) is 6.92 Å². The number of rotatable bonds is 8. The van der Waals surface area contributed by atoms with E-state index in [1.165, 1.54) is 6.42 Å². The van der Waals surface area contributed by atoms with E-state index >= 15 is 0 Å². The third kappa shape index (κ3) is 8.70. The minimum atomic E-state index is -0.642. The number of hydrogen-bond acceptors (Lipinski definition) is 3. The highest BCUT2D eigenvalue weighted by Crippen LogP contribution is 2.10. The fraction of sp³-hybridized carbons (Fsp3) is 0.923. The Balaban J connectivity index is 3.49. The lowest BCUT2D eigenvalue weighted by molar-refractivity contribution is 0.300. The summed E-state index contributed by atoms with van der Waals surface area (Å²) < 4.78 is 0. The Kier molecular flexibility index (Phi) is 7.36. The molecule has 1 atom stereocenters. The van der Waals surface area contributed by atoms with Gasteiger partial charge in [0.05, 0.1) is 6.07 Å². The van der Waals surface area contributed by atoms with Crippen molar-refractivity contribution in [3.8, 4) is 6.07 Å². The molecule has 0 rings (SSSR count). The smallest absolute Gasteiger partial charge is 0.101 e. The first-order chi connectivity index (χ1) is 7.37. The standard InChI is InChI=1S/C13H27N3/c1-12(2)7-10-16(4)9-6-5-8-13(3,15)11-14/h12H,5-10,15H2,1-4H3. The summed E-state index contributed by atoms with van der Waals surface area (Å²) in [5.41, 5.74) is 5.11. The summed E-state index contributed by atoms with van der Waals surface area (Å²) in [6, 6.07) is 2.13.